The molecule has 0 N–H and O–H groups in total. The van der Waals surface area contributed by atoms with Crippen molar-refractivity contribution < 1.29 is 18.0 Å². The van der Waals surface area contributed by atoms with Crippen molar-refractivity contribution in [3.05, 3.63) is 0 Å². The maximum atomic E-state index is 5.74. The third-order valence-electron chi connectivity index (χ3n) is 0.853. The minimum atomic E-state index is -1.69. The van der Waals surface area contributed by atoms with Crippen LogP contribution in [0.1, 0.15) is 6.92 Å². The summed E-state index contributed by atoms with van der Waals surface area (Å²) in [6.07, 6.45) is 0. The first-order chi connectivity index (χ1) is 3.18. The van der Waals surface area contributed by atoms with Crippen LogP contribution in [0.5, 0.6) is 0 Å². The zero-order valence-electron chi connectivity index (χ0n) is 4.46. The zero-order chi connectivity index (χ0) is 5.86. The molecule has 7 heavy (non-hydrogen) atoms. The van der Waals surface area contributed by atoms with Crippen LogP contribution in [0, 0.1) is 0 Å². The van der Waals surface area contributed by atoms with Crippen molar-refractivity contribution in [3.8, 4) is 0 Å². The Hall–Kier alpha value is 1.68. The molecule has 0 atom stereocenters. The summed E-state index contributed by atoms with van der Waals surface area (Å²) in [4.78, 5) is 0. The molecule has 4 heteroatoms. The van der Waals surface area contributed by atoms with Gasteiger partial charge in [0, 0.05) is 0 Å². The molecule has 0 unspecified atom stereocenters. The predicted octanol–water partition coefficient (Wildman–Crippen LogP) is 2.55. The molecule has 0 aliphatic heterocycles. The van der Waals surface area contributed by atoms with Crippen LogP contribution in [0.3, 0.4) is 0 Å². The van der Waals surface area contributed by atoms with Crippen molar-refractivity contribution in [1.82, 2.24) is 0 Å². The number of hydrogen-bond donors (Lipinski definition) is 0. The van der Waals surface area contributed by atoms with Crippen LogP contribution in [-0.2, 0) is 18.0 Å². The van der Waals surface area contributed by atoms with Gasteiger partial charge in [-0.25, -0.2) is 0 Å². The van der Waals surface area contributed by atoms with Crippen molar-refractivity contribution in [1.29, 1.82) is 0 Å². The van der Waals surface area contributed by atoms with E-state index in [1.807, 2.05) is 0 Å². The molecule has 0 saturated heterocycles. The summed E-state index contributed by atoms with van der Waals surface area (Å²) in [6, 6.07) is 1.24. The molecule has 42 valence electrons. The molecule has 0 bridgehead atoms. The summed E-state index contributed by atoms with van der Waals surface area (Å²) in [7, 11) is 11.5. The van der Waals surface area contributed by atoms with Crippen LogP contribution in [0.4, 0.5) is 0 Å². The number of halogens is 2. The van der Waals surface area contributed by atoms with Gasteiger partial charge in [0.05, 0.1) is 0 Å². The Kier molecular flexibility index (Phi) is 5.64. The van der Waals surface area contributed by atoms with Crippen LogP contribution < -0.4 is 0 Å². The molecule has 0 spiro atoms. The van der Waals surface area contributed by atoms with Gasteiger partial charge >= 0.3 is 60.0 Å². The normalized spacial score (nSPS) is 8.57. The molecule has 0 nitrogen and oxygen atoms in total. The fourth-order valence-electron chi connectivity index (χ4n) is 0.134. The van der Waals surface area contributed by atoms with Gasteiger partial charge in [0.15, 0.2) is 0 Å². The molecule has 0 saturated carbocycles. The van der Waals surface area contributed by atoms with E-state index in [1.54, 1.807) is 0 Å². The SMILES string of the molecule is CC[Si](C)=[Zr]([Cl])[Cl]. The second kappa shape index (κ2) is 4.55. The van der Waals surface area contributed by atoms with E-state index in [0.29, 0.717) is 0 Å². The van der Waals surface area contributed by atoms with E-state index in [-0.39, 0.29) is 5.43 Å². The molecule has 0 rings (SSSR count). The van der Waals surface area contributed by atoms with E-state index in [2.05, 4.69) is 13.5 Å². The Balaban J connectivity index is 3.72. The summed E-state index contributed by atoms with van der Waals surface area (Å²) in [6.45, 7) is 4.39. The van der Waals surface area contributed by atoms with E-state index in [9.17, 15) is 0 Å². The quantitative estimate of drug-likeness (QED) is 0.612. The summed E-state index contributed by atoms with van der Waals surface area (Å²) in [5.41, 5.74) is -0.218. The van der Waals surface area contributed by atoms with E-state index >= 15 is 0 Å². The molecule has 0 aromatic rings. The molecule has 0 radical (unpaired) electrons. The second-order valence-corrected chi connectivity index (χ2v) is 23.6. The summed E-state index contributed by atoms with van der Waals surface area (Å²) in [5, 5.41) is 0. The Labute approximate surface area is 59.5 Å². The molecule has 0 amide bonds. The molecule has 0 aliphatic carbocycles. The minimum absolute atomic E-state index is 0.218. The van der Waals surface area contributed by atoms with Gasteiger partial charge in [0.2, 0.25) is 0 Å². The molecule has 0 fully saturated rings. The standard InChI is InChI=1S/C3H8Si.2ClH.Zr/c1-3-4-2;;;/h3H2,1-2H3;2*1H;/q;;;+2/p-2. The van der Waals surface area contributed by atoms with Crippen LogP contribution in [0.15, 0.2) is 0 Å². The molecule has 0 aromatic heterocycles. The fraction of sp³-hybridized carbons (Fsp3) is 1.00. The van der Waals surface area contributed by atoms with E-state index in [0.717, 1.165) is 0 Å². The van der Waals surface area contributed by atoms with Gasteiger partial charge in [-0.15, -0.1) is 0 Å². The van der Waals surface area contributed by atoms with Crippen molar-refractivity contribution in [2.24, 2.45) is 0 Å². The number of rotatable bonds is 1. The van der Waals surface area contributed by atoms with Gasteiger partial charge in [-0.05, 0) is 0 Å². The summed E-state index contributed by atoms with van der Waals surface area (Å²) >= 11 is -1.69. The second-order valence-electron chi connectivity index (χ2n) is 1.39. The third kappa shape index (κ3) is 4.20. The summed E-state index contributed by atoms with van der Waals surface area (Å²) < 4.78 is 0. The van der Waals surface area contributed by atoms with Gasteiger partial charge in [-0.1, -0.05) is 0 Å². The van der Waals surface area contributed by atoms with Crippen LogP contribution in [0.25, 0.3) is 0 Å². The maximum absolute atomic E-state index is 5.74. The van der Waals surface area contributed by atoms with Gasteiger partial charge in [-0.2, -0.15) is 0 Å². The Morgan fingerprint density at radius 1 is 1.57 bits per heavy atom. The first-order valence-electron chi connectivity index (χ1n) is 2.19. The van der Waals surface area contributed by atoms with Crippen molar-refractivity contribution in [2.75, 3.05) is 0 Å². The molecular formula is C3H8Cl2SiZr. The van der Waals surface area contributed by atoms with Crippen LogP contribution in [0.2, 0.25) is 12.6 Å². The Morgan fingerprint density at radius 2 is 2.00 bits per heavy atom. The topological polar surface area (TPSA) is 0 Å². The van der Waals surface area contributed by atoms with Crippen molar-refractivity contribution in [2.45, 2.75) is 19.5 Å². The molecular weight excluding hydrogens is 226 g/mol. The average Bonchev–Trinajstić information content (AvgIpc) is 1.65. The third-order valence-corrected chi connectivity index (χ3v) is 21.4. The van der Waals surface area contributed by atoms with E-state index < -0.39 is 18.0 Å². The van der Waals surface area contributed by atoms with Gasteiger partial charge in [0.25, 0.3) is 0 Å². The van der Waals surface area contributed by atoms with E-state index in [1.165, 1.54) is 6.04 Å². The van der Waals surface area contributed by atoms with Gasteiger partial charge < -0.3 is 0 Å². The first kappa shape index (κ1) is 8.68. The van der Waals surface area contributed by atoms with Gasteiger partial charge in [0.1, 0.15) is 0 Å². The number of hydrogen-bond acceptors (Lipinski definition) is 0. The van der Waals surface area contributed by atoms with E-state index in [4.69, 9.17) is 17.0 Å². The first-order valence-corrected chi connectivity index (χ1v) is 14.4. The summed E-state index contributed by atoms with van der Waals surface area (Å²) in [5.74, 6) is 0. The van der Waals surface area contributed by atoms with Gasteiger partial charge in [-0.3, -0.25) is 0 Å². The van der Waals surface area contributed by atoms with Crippen LogP contribution >= 0.6 is 17.0 Å². The molecule has 0 heterocycles. The van der Waals surface area contributed by atoms with Crippen molar-refractivity contribution >= 4 is 22.5 Å². The monoisotopic (exact) mass is 232 g/mol. The molecule has 0 aromatic carbocycles. The molecule has 0 aliphatic rings. The zero-order valence-corrected chi connectivity index (χ0v) is 9.43. The Morgan fingerprint density at radius 3 is 2.00 bits per heavy atom. The Bertz CT molecular complexity index is 86.9. The fourth-order valence-corrected chi connectivity index (χ4v) is 7.12. The van der Waals surface area contributed by atoms with Crippen molar-refractivity contribution in [3.63, 3.8) is 0 Å². The predicted molar refractivity (Wildman–Crippen MR) is 33.8 cm³/mol. The average molecular weight is 234 g/mol. The van der Waals surface area contributed by atoms with Crippen LogP contribution in [-0.4, -0.2) is 5.43 Å².